The molecule has 1 aromatic carbocycles. The van der Waals surface area contributed by atoms with Crippen LogP contribution in [0, 0.1) is 11.6 Å². The van der Waals surface area contributed by atoms with Gasteiger partial charge in [0.1, 0.15) is 11.4 Å². The van der Waals surface area contributed by atoms with Gasteiger partial charge in [-0.1, -0.05) is 0 Å². The molecule has 1 atom stereocenters. The lowest BCUT2D eigenvalue weighted by atomic mass is 10.1. The van der Waals surface area contributed by atoms with Gasteiger partial charge in [-0.15, -0.1) is 0 Å². The summed E-state index contributed by atoms with van der Waals surface area (Å²) >= 11 is 1.76. The molecule has 0 radical (unpaired) electrons. The van der Waals surface area contributed by atoms with Gasteiger partial charge in [-0.25, -0.2) is 8.78 Å². The number of carbonyl (C=O) groups excluding carboxylic acids is 1. The second kappa shape index (κ2) is 5.56. The number of nitrogens with two attached hydrogens (primary N) is 1. The molecular formula is C12H14F2N2OS. The molecule has 1 unspecified atom stereocenters. The molecule has 1 heterocycles. The van der Waals surface area contributed by atoms with Crippen LogP contribution in [0.1, 0.15) is 23.2 Å². The van der Waals surface area contributed by atoms with E-state index in [0.29, 0.717) is 11.8 Å². The van der Waals surface area contributed by atoms with Gasteiger partial charge in [0, 0.05) is 11.8 Å². The number of carbonyl (C=O) groups is 1. The lowest BCUT2D eigenvalue weighted by Crippen LogP contribution is -2.31. The number of amides is 1. The first-order chi connectivity index (χ1) is 8.59. The van der Waals surface area contributed by atoms with Gasteiger partial charge in [0.2, 0.25) is 0 Å². The Hall–Kier alpha value is -1.30. The fourth-order valence-corrected chi connectivity index (χ4v) is 3.08. The van der Waals surface area contributed by atoms with Gasteiger partial charge in [-0.05, 0) is 30.7 Å². The molecule has 0 saturated carbocycles. The predicted octanol–water partition coefficient (Wildman–Crippen LogP) is 2.17. The van der Waals surface area contributed by atoms with Crippen molar-refractivity contribution in [1.82, 2.24) is 5.32 Å². The zero-order chi connectivity index (χ0) is 13.1. The Morgan fingerprint density at radius 1 is 1.50 bits per heavy atom. The third-order valence-electron chi connectivity index (χ3n) is 2.86. The lowest BCUT2D eigenvalue weighted by Gasteiger charge is -2.11. The minimum absolute atomic E-state index is 0.225. The molecule has 0 spiro atoms. The van der Waals surface area contributed by atoms with Gasteiger partial charge in [-0.2, -0.15) is 11.8 Å². The number of nitrogen functional groups attached to an aromatic ring is 1. The van der Waals surface area contributed by atoms with Crippen molar-refractivity contribution < 1.29 is 13.6 Å². The molecule has 3 nitrogen and oxygen atoms in total. The Labute approximate surface area is 108 Å². The second-order valence-corrected chi connectivity index (χ2v) is 5.58. The number of thioether (sulfide) groups is 1. The maximum Gasteiger partial charge on any atom is 0.257 e. The second-order valence-electron chi connectivity index (χ2n) is 4.17. The van der Waals surface area contributed by atoms with Crippen LogP contribution in [0.3, 0.4) is 0 Å². The van der Waals surface area contributed by atoms with E-state index in [1.807, 2.05) is 0 Å². The molecule has 0 aromatic heterocycles. The molecular weight excluding hydrogens is 258 g/mol. The summed E-state index contributed by atoms with van der Waals surface area (Å²) in [5.74, 6) is -1.56. The number of benzene rings is 1. The molecule has 0 bridgehead atoms. The average Bonchev–Trinajstić information content (AvgIpc) is 2.85. The van der Waals surface area contributed by atoms with Gasteiger partial charge in [0.05, 0.1) is 5.69 Å². The average molecular weight is 272 g/mol. The van der Waals surface area contributed by atoms with Crippen molar-refractivity contribution in [2.24, 2.45) is 0 Å². The quantitative estimate of drug-likeness (QED) is 0.829. The molecule has 3 N–H and O–H groups in total. The highest BCUT2D eigenvalue weighted by Crippen LogP contribution is 2.25. The number of nitrogens with one attached hydrogen (secondary N) is 1. The molecule has 6 heteroatoms. The standard InChI is InChI=1S/C12H14F2N2OS/c13-8-3-4-9(15)11(14)10(8)12(17)16-6-7-2-1-5-18-7/h3-4,7H,1-2,5-6,15H2,(H,16,17). The minimum Gasteiger partial charge on any atom is -0.396 e. The summed E-state index contributed by atoms with van der Waals surface area (Å²) in [5, 5.41) is 2.89. The van der Waals surface area contributed by atoms with Crippen LogP contribution in [-0.2, 0) is 0 Å². The monoisotopic (exact) mass is 272 g/mol. The first-order valence-electron chi connectivity index (χ1n) is 5.73. The molecule has 1 saturated heterocycles. The number of hydrogen-bond acceptors (Lipinski definition) is 3. The van der Waals surface area contributed by atoms with Crippen molar-refractivity contribution in [3.05, 3.63) is 29.3 Å². The third-order valence-corrected chi connectivity index (χ3v) is 4.26. The number of halogens is 2. The fraction of sp³-hybridized carbons (Fsp3) is 0.417. The Balaban J connectivity index is 2.06. The van der Waals surface area contributed by atoms with Crippen LogP contribution >= 0.6 is 11.8 Å². The van der Waals surface area contributed by atoms with Crippen LogP contribution in [0.15, 0.2) is 12.1 Å². The highest BCUT2D eigenvalue weighted by Gasteiger charge is 2.21. The maximum absolute atomic E-state index is 13.6. The molecule has 0 aliphatic carbocycles. The number of rotatable bonds is 3. The third kappa shape index (κ3) is 2.75. The van der Waals surface area contributed by atoms with Gasteiger partial charge in [0.25, 0.3) is 5.91 Å². The van der Waals surface area contributed by atoms with E-state index in [1.165, 1.54) is 0 Å². The van der Waals surface area contributed by atoms with Crippen molar-refractivity contribution in [1.29, 1.82) is 0 Å². The zero-order valence-corrected chi connectivity index (χ0v) is 10.5. The summed E-state index contributed by atoms with van der Waals surface area (Å²) in [5.41, 5.74) is 4.50. The van der Waals surface area contributed by atoms with Crippen LogP contribution < -0.4 is 11.1 Å². The molecule has 18 heavy (non-hydrogen) atoms. The summed E-state index contributed by atoms with van der Waals surface area (Å²) < 4.78 is 27.0. The van der Waals surface area contributed by atoms with Gasteiger partial charge >= 0.3 is 0 Å². The van der Waals surface area contributed by atoms with Gasteiger partial charge < -0.3 is 11.1 Å². The van der Waals surface area contributed by atoms with Crippen molar-refractivity contribution in [2.45, 2.75) is 18.1 Å². The lowest BCUT2D eigenvalue weighted by molar-refractivity contribution is 0.0945. The molecule has 2 rings (SSSR count). The van der Waals surface area contributed by atoms with Gasteiger partial charge in [-0.3, -0.25) is 4.79 Å². The Bertz CT molecular complexity index is 462. The van der Waals surface area contributed by atoms with Gasteiger partial charge in [0.15, 0.2) is 5.82 Å². The summed E-state index contributed by atoms with van der Waals surface area (Å²) in [6.07, 6.45) is 2.14. The maximum atomic E-state index is 13.6. The Morgan fingerprint density at radius 3 is 2.94 bits per heavy atom. The number of hydrogen-bond donors (Lipinski definition) is 2. The fourth-order valence-electron chi connectivity index (χ4n) is 1.88. The first kappa shape index (κ1) is 13.1. The number of anilines is 1. The molecule has 1 fully saturated rings. The normalized spacial score (nSPS) is 18.9. The summed E-state index contributed by atoms with van der Waals surface area (Å²) in [6.45, 7) is 0.428. The molecule has 98 valence electrons. The highest BCUT2D eigenvalue weighted by atomic mass is 32.2. The topological polar surface area (TPSA) is 55.1 Å². The molecule has 1 aromatic rings. The van der Waals surface area contributed by atoms with E-state index in [1.54, 1.807) is 11.8 Å². The van der Waals surface area contributed by atoms with E-state index in [9.17, 15) is 13.6 Å². The smallest absolute Gasteiger partial charge is 0.257 e. The Morgan fingerprint density at radius 2 is 2.28 bits per heavy atom. The largest absolute Gasteiger partial charge is 0.396 e. The van der Waals surface area contributed by atoms with Crippen LogP contribution in [0.25, 0.3) is 0 Å². The summed E-state index contributed by atoms with van der Waals surface area (Å²) in [4.78, 5) is 11.7. The summed E-state index contributed by atoms with van der Waals surface area (Å²) in [7, 11) is 0. The minimum atomic E-state index is -0.994. The first-order valence-corrected chi connectivity index (χ1v) is 6.77. The van der Waals surface area contributed by atoms with Crippen LogP contribution in [0.2, 0.25) is 0 Å². The summed E-state index contributed by atoms with van der Waals surface area (Å²) in [6, 6.07) is 2.10. The van der Waals surface area contributed by atoms with Crippen LogP contribution in [-0.4, -0.2) is 23.5 Å². The predicted molar refractivity (Wildman–Crippen MR) is 68.6 cm³/mol. The van der Waals surface area contributed by atoms with Crippen molar-refractivity contribution in [2.75, 3.05) is 18.0 Å². The Kier molecular flexibility index (Phi) is 4.06. The molecule has 1 amide bonds. The molecule has 1 aliphatic rings. The van der Waals surface area contributed by atoms with E-state index in [4.69, 9.17) is 5.73 Å². The van der Waals surface area contributed by atoms with E-state index in [0.717, 1.165) is 30.7 Å². The zero-order valence-electron chi connectivity index (χ0n) is 9.71. The van der Waals surface area contributed by atoms with Crippen LogP contribution in [0.5, 0.6) is 0 Å². The van der Waals surface area contributed by atoms with E-state index in [-0.39, 0.29) is 5.69 Å². The van der Waals surface area contributed by atoms with E-state index < -0.39 is 23.1 Å². The van der Waals surface area contributed by atoms with E-state index >= 15 is 0 Å². The van der Waals surface area contributed by atoms with E-state index in [2.05, 4.69) is 5.32 Å². The van der Waals surface area contributed by atoms with Crippen molar-refractivity contribution in [3.8, 4) is 0 Å². The highest BCUT2D eigenvalue weighted by molar-refractivity contribution is 8.00. The molecule has 1 aliphatic heterocycles. The van der Waals surface area contributed by atoms with Crippen molar-refractivity contribution >= 4 is 23.4 Å². The SMILES string of the molecule is Nc1ccc(F)c(C(=O)NCC2CCCS2)c1F. The van der Waals surface area contributed by atoms with Crippen LogP contribution in [0.4, 0.5) is 14.5 Å². The van der Waals surface area contributed by atoms with Crippen molar-refractivity contribution in [3.63, 3.8) is 0 Å².